The molecular weight excluding hydrogens is 613 g/mol. The number of nitrogens with one attached hydrogen (secondary N) is 1. The number of hydrogen-bond donors (Lipinski definition) is 3. The Labute approximate surface area is 259 Å². The van der Waals surface area contributed by atoms with Crippen molar-refractivity contribution in [3.05, 3.63) is 36.7 Å². The van der Waals surface area contributed by atoms with E-state index in [1.165, 1.54) is 19.1 Å². The summed E-state index contributed by atoms with van der Waals surface area (Å²) in [5.41, 5.74) is 3.13. The number of alkyl halides is 2. The van der Waals surface area contributed by atoms with Gasteiger partial charge in [0.1, 0.15) is 18.1 Å². The van der Waals surface area contributed by atoms with Crippen molar-refractivity contribution in [2.24, 2.45) is 5.92 Å². The fourth-order valence-corrected chi connectivity index (χ4v) is 7.27. The largest absolute Gasteiger partial charge is 0.476 e. The number of anilines is 1. The predicted molar refractivity (Wildman–Crippen MR) is 160 cm³/mol. The van der Waals surface area contributed by atoms with E-state index in [1.807, 2.05) is 0 Å². The van der Waals surface area contributed by atoms with Gasteiger partial charge in [0.05, 0.1) is 19.0 Å². The summed E-state index contributed by atoms with van der Waals surface area (Å²) in [5.74, 6) is -3.26. The molecule has 3 aromatic rings. The number of ketones is 1. The molecule has 1 saturated heterocycles. The number of benzene rings is 1. The molecule has 1 aliphatic heterocycles. The lowest BCUT2D eigenvalue weighted by Gasteiger charge is -2.28. The first-order valence-electron chi connectivity index (χ1n) is 15.0. The van der Waals surface area contributed by atoms with Crippen LogP contribution >= 0.6 is 7.75 Å². The van der Waals surface area contributed by atoms with Crippen molar-refractivity contribution in [1.82, 2.24) is 24.6 Å². The van der Waals surface area contributed by atoms with Gasteiger partial charge in [-0.25, -0.2) is 23.4 Å². The molecule has 16 heteroatoms. The maximum absolute atomic E-state index is 16.4. The third-order valence-electron chi connectivity index (χ3n) is 8.12. The van der Waals surface area contributed by atoms with Gasteiger partial charge in [0.15, 0.2) is 29.2 Å². The number of rotatable bonds is 13. The van der Waals surface area contributed by atoms with E-state index < -0.39 is 44.3 Å². The number of nitrogens with two attached hydrogens (primary N) is 1. The summed E-state index contributed by atoms with van der Waals surface area (Å²) in [6.45, 7) is 3.18. The van der Waals surface area contributed by atoms with Crippen molar-refractivity contribution >= 4 is 30.6 Å². The lowest BCUT2D eigenvalue weighted by atomic mass is 9.85. The average molecular weight is 653 g/mol. The fraction of sp³-hybridized carbons (Fsp3) is 0.586. The molecule has 2 aliphatic rings. The molecule has 0 amide bonds. The van der Waals surface area contributed by atoms with Gasteiger partial charge in [0, 0.05) is 6.42 Å². The third-order valence-corrected chi connectivity index (χ3v) is 9.75. The molecule has 1 saturated carbocycles. The van der Waals surface area contributed by atoms with Crippen LogP contribution in [0.4, 0.5) is 14.7 Å². The molecular formula is C29H39F2N6O7P. The van der Waals surface area contributed by atoms with E-state index in [0.29, 0.717) is 0 Å². The van der Waals surface area contributed by atoms with Crippen LogP contribution in [0.15, 0.2) is 36.7 Å². The normalized spacial score (nSPS) is 27.7. The zero-order chi connectivity index (χ0) is 32.4. The quantitative estimate of drug-likeness (QED) is 0.215. The van der Waals surface area contributed by atoms with Crippen molar-refractivity contribution in [2.45, 2.75) is 89.2 Å². The van der Waals surface area contributed by atoms with Gasteiger partial charge in [-0.15, -0.1) is 0 Å². The van der Waals surface area contributed by atoms with E-state index >= 15 is 8.78 Å². The molecule has 0 spiro atoms. The standard InChI is InChI=1S/C29H39F2N6O7P/c1-4-41-24-22-23(34-27(32)35-24)37(17-33-22)26-28(3,30)25(39)29(31,43-26)16-42-45(40,44-20-13-9-6-10-14-20)36-18(2)21(38)15-19-11-7-5-8-12-19/h6,9-10,13-14,17-19,25-26,39H,4-5,7-8,11-12,15-16H2,1-3H3,(H,36,40)(H2,32,34,35)/t18-,25-,26+,28+,29+,45?/m0/s1. The van der Waals surface area contributed by atoms with Crippen LogP contribution in [-0.2, 0) is 18.6 Å². The molecule has 2 fully saturated rings. The summed E-state index contributed by atoms with van der Waals surface area (Å²) in [6.07, 6.45) is 2.30. The summed E-state index contributed by atoms with van der Waals surface area (Å²) in [4.78, 5) is 25.3. The number of ether oxygens (including phenoxy) is 2. The second-order valence-electron chi connectivity index (χ2n) is 11.7. The van der Waals surface area contributed by atoms with Gasteiger partial charge < -0.3 is 24.8 Å². The highest BCUT2D eigenvalue weighted by Crippen LogP contribution is 2.52. The molecule has 0 bridgehead atoms. The molecule has 5 rings (SSSR count). The number of carbonyl (C=O) groups excluding carboxylic acids is 1. The lowest BCUT2D eigenvalue weighted by molar-refractivity contribution is -0.202. The number of halogens is 2. The smallest absolute Gasteiger partial charge is 0.459 e. The van der Waals surface area contributed by atoms with Crippen LogP contribution in [0.2, 0.25) is 0 Å². The first-order chi connectivity index (χ1) is 21.3. The average Bonchev–Trinajstić information content (AvgIpc) is 3.50. The molecule has 1 unspecified atom stereocenters. The van der Waals surface area contributed by atoms with Crippen LogP contribution in [0.5, 0.6) is 11.6 Å². The lowest BCUT2D eigenvalue weighted by Crippen LogP contribution is -2.47. The van der Waals surface area contributed by atoms with E-state index in [1.54, 1.807) is 25.1 Å². The van der Waals surface area contributed by atoms with Gasteiger partial charge in [0.2, 0.25) is 11.8 Å². The first kappa shape index (κ1) is 33.1. The van der Waals surface area contributed by atoms with Crippen LogP contribution in [-0.4, -0.2) is 67.3 Å². The SMILES string of the molecule is CCOc1nc(N)nc2c1ncn2[C@@H]1O[C@](F)(COP(=O)(N[C@@H](C)C(=O)CC2CCCCC2)Oc2ccccc2)[C@@H](O)[C@@]1(C)F. The molecule has 2 aromatic heterocycles. The van der Waals surface area contributed by atoms with Gasteiger partial charge in [0.25, 0.3) is 5.85 Å². The van der Waals surface area contributed by atoms with Crippen molar-refractivity contribution in [3.8, 4) is 11.6 Å². The van der Waals surface area contributed by atoms with Gasteiger partial charge in [-0.1, -0.05) is 50.3 Å². The number of nitrogens with zero attached hydrogens (tertiary/aromatic N) is 4. The maximum Gasteiger partial charge on any atom is 0.459 e. The Morgan fingerprint density at radius 1 is 1.24 bits per heavy atom. The van der Waals surface area contributed by atoms with Gasteiger partial charge in [-0.3, -0.25) is 13.9 Å². The minimum atomic E-state index is -4.50. The van der Waals surface area contributed by atoms with Crippen LogP contribution in [0.1, 0.15) is 65.5 Å². The minimum absolute atomic E-state index is 0.0257. The van der Waals surface area contributed by atoms with Crippen molar-refractivity contribution in [3.63, 3.8) is 0 Å². The zero-order valence-electron chi connectivity index (χ0n) is 25.4. The highest BCUT2D eigenvalue weighted by molar-refractivity contribution is 7.52. The van der Waals surface area contributed by atoms with Crippen LogP contribution < -0.4 is 20.1 Å². The second-order valence-corrected chi connectivity index (χ2v) is 13.3. The Bertz CT molecular complexity index is 1540. The topological polar surface area (TPSA) is 173 Å². The highest BCUT2D eigenvalue weighted by Gasteiger charge is 2.65. The first-order valence-corrected chi connectivity index (χ1v) is 16.6. The molecule has 13 nitrogen and oxygen atoms in total. The van der Waals surface area contributed by atoms with E-state index in [2.05, 4.69) is 20.0 Å². The minimum Gasteiger partial charge on any atom is -0.476 e. The van der Waals surface area contributed by atoms with E-state index in [4.69, 9.17) is 24.3 Å². The van der Waals surface area contributed by atoms with Gasteiger partial charge >= 0.3 is 7.75 Å². The summed E-state index contributed by atoms with van der Waals surface area (Å²) in [5, 5.41) is 13.5. The number of Topliss-reactive ketones (excluding diaryl/α,β-unsaturated/α-hetero) is 1. The number of aliphatic hydroxyl groups is 1. The molecule has 1 aliphatic carbocycles. The van der Waals surface area contributed by atoms with Crippen LogP contribution in [0.25, 0.3) is 11.2 Å². The Morgan fingerprint density at radius 2 is 1.96 bits per heavy atom. The van der Waals surface area contributed by atoms with Crippen molar-refractivity contribution < 1.29 is 41.8 Å². The summed E-state index contributed by atoms with van der Waals surface area (Å²) in [6, 6.07) is 6.98. The van der Waals surface area contributed by atoms with Crippen LogP contribution in [0, 0.1) is 5.92 Å². The molecule has 45 heavy (non-hydrogen) atoms. The van der Waals surface area contributed by atoms with Crippen molar-refractivity contribution in [1.29, 1.82) is 0 Å². The van der Waals surface area contributed by atoms with Gasteiger partial charge in [-0.05, 0) is 38.8 Å². The van der Waals surface area contributed by atoms with Gasteiger partial charge in [-0.2, -0.15) is 9.97 Å². The van der Waals surface area contributed by atoms with E-state index in [9.17, 15) is 14.5 Å². The number of hydrogen-bond acceptors (Lipinski definition) is 11. The molecule has 6 atom stereocenters. The predicted octanol–water partition coefficient (Wildman–Crippen LogP) is 4.81. The fourth-order valence-electron chi connectivity index (χ4n) is 5.72. The Balaban J connectivity index is 1.37. The van der Waals surface area contributed by atoms with E-state index in [0.717, 1.165) is 49.9 Å². The molecule has 4 N–H and O–H groups in total. The number of aromatic nitrogens is 4. The monoisotopic (exact) mass is 652 g/mol. The molecule has 246 valence electrons. The number of carbonyl (C=O) groups is 1. The zero-order valence-corrected chi connectivity index (χ0v) is 26.3. The summed E-state index contributed by atoms with van der Waals surface area (Å²) < 4.78 is 69.6. The number of para-hydroxylation sites is 1. The van der Waals surface area contributed by atoms with Crippen molar-refractivity contribution in [2.75, 3.05) is 18.9 Å². The summed E-state index contributed by atoms with van der Waals surface area (Å²) in [7, 11) is -4.50. The molecule has 0 radical (unpaired) electrons. The highest BCUT2D eigenvalue weighted by atomic mass is 31.2. The Kier molecular flexibility index (Phi) is 9.76. The van der Waals surface area contributed by atoms with E-state index in [-0.39, 0.29) is 53.5 Å². The second kappa shape index (κ2) is 13.2. The Morgan fingerprint density at radius 3 is 2.64 bits per heavy atom. The third kappa shape index (κ3) is 7.12. The molecule has 3 heterocycles. The Hall–Kier alpha value is -3.23. The van der Waals surface area contributed by atoms with Crippen LogP contribution in [0.3, 0.4) is 0 Å². The molecule has 1 aromatic carbocycles. The maximum atomic E-state index is 16.4. The number of nitrogen functional groups attached to an aromatic ring is 1. The number of aliphatic hydroxyl groups excluding tert-OH is 1. The number of fused-ring (bicyclic) bond motifs is 1. The summed E-state index contributed by atoms with van der Waals surface area (Å²) >= 11 is 0. The number of imidazole rings is 1.